The number of nitrogens with zero attached hydrogens (tertiary/aromatic N) is 2. The second-order valence-electron chi connectivity index (χ2n) is 5.51. The first-order valence-electron chi connectivity index (χ1n) is 6.88. The molecule has 0 aliphatic carbocycles. The van der Waals surface area contributed by atoms with E-state index >= 15 is 0 Å². The number of anilines is 1. The maximum atomic E-state index is 13.9. The Morgan fingerprint density at radius 1 is 1.14 bits per heavy atom. The number of halogens is 2. The van der Waals surface area contributed by atoms with Gasteiger partial charge in [-0.25, -0.2) is 17.2 Å². The Morgan fingerprint density at radius 2 is 1.81 bits per heavy atom. The molecule has 2 saturated heterocycles. The SMILES string of the molecule is Nc1cc(F)c(S(=O)(=O)N2CCN3CCCC3C2)c(F)c1. The highest BCUT2D eigenvalue weighted by Crippen LogP contribution is 2.29. The summed E-state index contributed by atoms with van der Waals surface area (Å²) >= 11 is 0. The summed E-state index contributed by atoms with van der Waals surface area (Å²) in [7, 11) is -4.18. The van der Waals surface area contributed by atoms with Crippen LogP contribution in [-0.2, 0) is 10.0 Å². The third-order valence-electron chi connectivity index (χ3n) is 4.17. The first kappa shape index (κ1) is 14.7. The number of hydrogen-bond acceptors (Lipinski definition) is 4. The van der Waals surface area contributed by atoms with E-state index in [1.54, 1.807) is 0 Å². The van der Waals surface area contributed by atoms with E-state index in [0.29, 0.717) is 6.54 Å². The van der Waals surface area contributed by atoms with Crippen molar-refractivity contribution in [1.82, 2.24) is 9.21 Å². The molecule has 21 heavy (non-hydrogen) atoms. The average molecular weight is 317 g/mol. The fraction of sp³-hybridized carbons (Fsp3) is 0.538. The molecule has 2 N–H and O–H groups in total. The summed E-state index contributed by atoms with van der Waals surface area (Å²) in [4.78, 5) is 1.32. The minimum atomic E-state index is -4.18. The predicted octanol–water partition coefficient (Wildman–Crippen LogP) is 1.02. The predicted molar refractivity (Wildman–Crippen MR) is 74.1 cm³/mol. The van der Waals surface area contributed by atoms with Crippen molar-refractivity contribution >= 4 is 15.7 Å². The minimum Gasteiger partial charge on any atom is -0.399 e. The van der Waals surface area contributed by atoms with Crippen LogP contribution in [0.2, 0.25) is 0 Å². The largest absolute Gasteiger partial charge is 0.399 e. The van der Waals surface area contributed by atoms with E-state index < -0.39 is 26.6 Å². The average Bonchev–Trinajstić information content (AvgIpc) is 2.83. The van der Waals surface area contributed by atoms with Gasteiger partial charge in [-0.1, -0.05) is 0 Å². The lowest BCUT2D eigenvalue weighted by molar-refractivity contribution is 0.158. The summed E-state index contributed by atoms with van der Waals surface area (Å²) in [5.74, 6) is -2.28. The number of fused-ring (bicyclic) bond motifs is 1. The van der Waals surface area contributed by atoms with Crippen molar-refractivity contribution in [3.8, 4) is 0 Å². The Kier molecular flexibility index (Phi) is 3.62. The number of rotatable bonds is 2. The van der Waals surface area contributed by atoms with Crippen LogP contribution in [0.3, 0.4) is 0 Å². The van der Waals surface area contributed by atoms with Gasteiger partial charge in [0, 0.05) is 31.4 Å². The standard InChI is InChI=1S/C13H17F2N3O2S/c14-11-6-9(16)7-12(15)13(11)21(19,20)18-5-4-17-3-1-2-10(17)8-18/h6-7,10H,1-5,8,16H2. The molecule has 1 aromatic carbocycles. The normalized spacial score (nSPS) is 24.2. The molecular weight excluding hydrogens is 300 g/mol. The molecule has 5 nitrogen and oxygen atoms in total. The van der Waals surface area contributed by atoms with E-state index in [-0.39, 0.29) is 24.8 Å². The third kappa shape index (κ3) is 2.51. The molecule has 2 heterocycles. The second-order valence-corrected chi connectivity index (χ2v) is 7.38. The molecular formula is C13H17F2N3O2S. The van der Waals surface area contributed by atoms with Gasteiger partial charge in [-0.15, -0.1) is 0 Å². The first-order chi connectivity index (χ1) is 9.89. The van der Waals surface area contributed by atoms with Crippen LogP contribution < -0.4 is 5.73 Å². The molecule has 1 aromatic rings. The molecule has 0 bridgehead atoms. The van der Waals surface area contributed by atoms with Gasteiger partial charge in [-0.3, -0.25) is 4.90 Å². The summed E-state index contributed by atoms with van der Waals surface area (Å²) < 4.78 is 54.0. The van der Waals surface area contributed by atoms with Crippen molar-refractivity contribution in [1.29, 1.82) is 0 Å². The Balaban J connectivity index is 1.94. The number of hydrogen-bond donors (Lipinski definition) is 1. The molecule has 8 heteroatoms. The molecule has 0 saturated carbocycles. The molecule has 0 spiro atoms. The zero-order chi connectivity index (χ0) is 15.2. The lowest BCUT2D eigenvalue weighted by Gasteiger charge is -2.36. The maximum absolute atomic E-state index is 13.9. The van der Waals surface area contributed by atoms with Crippen LogP contribution >= 0.6 is 0 Å². The van der Waals surface area contributed by atoms with E-state index in [0.717, 1.165) is 31.5 Å². The second kappa shape index (κ2) is 5.19. The van der Waals surface area contributed by atoms with Gasteiger partial charge in [0.1, 0.15) is 11.6 Å². The number of piperazine rings is 1. The van der Waals surface area contributed by atoms with Crippen molar-refractivity contribution in [3.63, 3.8) is 0 Å². The van der Waals surface area contributed by atoms with Crippen molar-refractivity contribution in [2.45, 2.75) is 23.8 Å². The summed E-state index contributed by atoms with van der Waals surface area (Å²) in [6, 6.07) is 1.82. The summed E-state index contributed by atoms with van der Waals surface area (Å²) in [5, 5.41) is 0. The van der Waals surface area contributed by atoms with Crippen LogP contribution in [0.25, 0.3) is 0 Å². The van der Waals surface area contributed by atoms with Gasteiger partial charge in [0.25, 0.3) is 0 Å². The van der Waals surface area contributed by atoms with Crippen LogP contribution in [0.4, 0.5) is 14.5 Å². The molecule has 116 valence electrons. The molecule has 0 radical (unpaired) electrons. The first-order valence-corrected chi connectivity index (χ1v) is 8.32. The van der Waals surface area contributed by atoms with Crippen molar-refractivity contribution in [2.24, 2.45) is 0 Å². The molecule has 2 fully saturated rings. The number of nitrogens with two attached hydrogens (primary N) is 1. The van der Waals surface area contributed by atoms with Crippen molar-refractivity contribution < 1.29 is 17.2 Å². The highest BCUT2D eigenvalue weighted by molar-refractivity contribution is 7.89. The van der Waals surface area contributed by atoms with E-state index in [1.165, 1.54) is 4.31 Å². The molecule has 2 aliphatic heterocycles. The van der Waals surface area contributed by atoms with E-state index in [4.69, 9.17) is 5.73 Å². The van der Waals surface area contributed by atoms with Crippen molar-refractivity contribution in [3.05, 3.63) is 23.8 Å². The molecule has 0 amide bonds. The molecule has 2 aliphatic rings. The number of benzene rings is 1. The fourth-order valence-electron chi connectivity index (χ4n) is 3.14. The van der Waals surface area contributed by atoms with Gasteiger partial charge in [0.2, 0.25) is 10.0 Å². The van der Waals surface area contributed by atoms with Crippen LogP contribution in [0.1, 0.15) is 12.8 Å². The molecule has 3 rings (SSSR count). The van der Waals surface area contributed by atoms with E-state index in [9.17, 15) is 17.2 Å². The van der Waals surface area contributed by atoms with Crippen LogP contribution in [-0.4, -0.2) is 49.8 Å². The van der Waals surface area contributed by atoms with E-state index in [1.807, 2.05) is 0 Å². The zero-order valence-electron chi connectivity index (χ0n) is 11.4. The number of nitrogen functional groups attached to an aromatic ring is 1. The Morgan fingerprint density at radius 3 is 2.48 bits per heavy atom. The van der Waals surface area contributed by atoms with Gasteiger partial charge in [-0.2, -0.15) is 4.31 Å². The van der Waals surface area contributed by atoms with Crippen LogP contribution in [0.15, 0.2) is 17.0 Å². The highest BCUT2D eigenvalue weighted by atomic mass is 32.2. The topological polar surface area (TPSA) is 66.6 Å². The van der Waals surface area contributed by atoms with Crippen LogP contribution in [0.5, 0.6) is 0 Å². The summed E-state index contributed by atoms with van der Waals surface area (Å²) in [6.45, 7) is 2.10. The summed E-state index contributed by atoms with van der Waals surface area (Å²) in [5.41, 5.74) is 5.19. The van der Waals surface area contributed by atoms with Gasteiger partial charge >= 0.3 is 0 Å². The lowest BCUT2D eigenvalue weighted by atomic mass is 10.2. The Labute approximate surface area is 122 Å². The third-order valence-corrected chi connectivity index (χ3v) is 6.09. The van der Waals surface area contributed by atoms with E-state index in [2.05, 4.69) is 4.90 Å². The number of sulfonamides is 1. The monoisotopic (exact) mass is 317 g/mol. The van der Waals surface area contributed by atoms with Crippen molar-refractivity contribution in [2.75, 3.05) is 31.9 Å². The highest BCUT2D eigenvalue weighted by Gasteiger charge is 2.38. The molecule has 1 atom stereocenters. The van der Waals surface area contributed by atoms with Gasteiger partial charge < -0.3 is 5.73 Å². The zero-order valence-corrected chi connectivity index (χ0v) is 12.2. The smallest absolute Gasteiger partial charge is 0.249 e. The fourth-order valence-corrected chi connectivity index (χ4v) is 4.70. The minimum absolute atomic E-state index is 0.135. The maximum Gasteiger partial charge on any atom is 0.249 e. The summed E-state index contributed by atoms with van der Waals surface area (Å²) in [6.07, 6.45) is 1.95. The van der Waals surface area contributed by atoms with Crippen LogP contribution in [0, 0.1) is 11.6 Å². The Hall–Kier alpha value is -1.25. The quantitative estimate of drug-likeness (QED) is 0.827. The molecule has 1 unspecified atom stereocenters. The van der Waals surface area contributed by atoms with Gasteiger partial charge in [0.05, 0.1) is 0 Å². The molecule has 0 aromatic heterocycles. The Bertz CT molecular complexity index is 642. The lowest BCUT2D eigenvalue weighted by Crippen LogP contribution is -2.52. The van der Waals surface area contributed by atoms with Gasteiger partial charge in [-0.05, 0) is 31.5 Å². The van der Waals surface area contributed by atoms with Gasteiger partial charge in [0.15, 0.2) is 4.90 Å².